The molecule has 0 bridgehead atoms. The van der Waals surface area contributed by atoms with Crippen molar-refractivity contribution >= 4 is 22.5 Å². The van der Waals surface area contributed by atoms with E-state index in [1.807, 2.05) is 42.2 Å². The molecule has 4 rings (SSSR count). The second-order valence-electron chi connectivity index (χ2n) is 8.65. The molecule has 3 heterocycles. The number of fused-ring (bicyclic) bond motifs is 1. The molecule has 1 aliphatic heterocycles. The van der Waals surface area contributed by atoms with Crippen LogP contribution in [0.5, 0.6) is 0 Å². The first-order valence-corrected chi connectivity index (χ1v) is 10.8. The highest BCUT2D eigenvalue weighted by Gasteiger charge is 2.29. The number of nitrogens with one attached hydrogen (secondary N) is 1. The van der Waals surface area contributed by atoms with E-state index < -0.39 is 0 Å². The first-order valence-electron chi connectivity index (χ1n) is 10.8. The molecule has 7 heteroatoms. The molecule has 1 aliphatic rings. The van der Waals surface area contributed by atoms with Crippen LogP contribution in [0.4, 0.5) is 0 Å². The molecule has 1 N–H and O–H groups in total. The zero-order chi connectivity index (χ0) is 22.0. The summed E-state index contributed by atoms with van der Waals surface area (Å²) in [6.45, 7) is 3.24. The highest BCUT2D eigenvalue weighted by atomic mass is 16.2. The zero-order valence-corrected chi connectivity index (χ0v) is 18.0. The molecule has 1 aromatic carbocycles. The van der Waals surface area contributed by atoms with Crippen molar-refractivity contribution in [2.24, 2.45) is 18.9 Å². The lowest BCUT2D eigenvalue weighted by Gasteiger charge is -2.32. The molecule has 1 saturated heterocycles. The van der Waals surface area contributed by atoms with Crippen LogP contribution in [0, 0.1) is 11.8 Å². The number of ketones is 1. The first-order chi connectivity index (χ1) is 14.9. The van der Waals surface area contributed by atoms with Gasteiger partial charge in [-0.15, -0.1) is 0 Å². The Labute approximate surface area is 181 Å². The molecular weight excluding hydrogens is 392 g/mol. The van der Waals surface area contributed by atoms with Crippen molar-refractivity contribution in [2.75, 3.05) is 13.1 Å². The van der Waals surface area contributed by atoms with Crippen LogP contribution in [-0.4, -0.2) is 44.4 Å². The topological polar surface area (TPSA) is 88.1 Å². The van der Waals surface area contributed by atoms with Gasteiger partial charge in [0, 0.05) is 49.8 Å². The number of likely N-dealkylation sites (tertiary alicyclic amines) is 1. The van der Waals surface area contributed by atoms with Crippen molar-refractivity contribution < 1.29 is 9.59 Å². The second-order valence-corrected chi connectivity index (χ2v) is 8.65. The van der Waals surface area contributed by atoms with Crippen LogP contribution >= 0.6 is 0 Å². The SMILES string of the molecule is C[C@H](CC(=O)N1CCC(C(=O)c2cnn(C)c2)CC1)Cc1cc2ccccc2c(=O)[nH]1. The molecule has 0 saturated carbocycles. The van der Waals surface area contributed by atoms with Crippen LogP contribution in [0.15, 0.2) is 47.5 Å². The summed E-state index contributed by atoms with van der Waals surface area (Å²) >= 11 is 0. The van der Waals surface area contributed by atoms with E-state index in [1.54, 1.807) is 24.1 Å². The minimum Gasteiger partial charge on any atom is -0.343 e. The van der Waals surface area contributed by atoms with Crippen molar-refractivity contribution in [3.63, 3.8) is 0 Å². The van der Waals surface area contributed by atoms with E-state index in [4.69, 9.17) is 0 Å². The number of Topliss-reactive ketones (excluding diaryl/α,β-unsaturated/α-hetero) is 1. The number of pyridine rings is 1. The Balaban J connectivity index is 1.31. The van der Waals surface area contributed by atoms with Gasteiger partial charge in [0.25, 0.3) is 5.56 Å². The van der Waals surface area contributed by atoms with E-state index in [0.29, 0.717) is 49.7 Å². The summed E-state index contributed by atoms with van der Waals surface area (Å²) in [6.07, 6.45) is 5.80. The van der Waals surface area contributed by atoms with Crippen LogP contribution in [-0.2, 0) is 18.3 Å². The number of carbonyl (C=O) groups is 2. The molecule has 1 fully saturated rings. The van der Waals surface area contributed by atoms with Crippen LogP contribution in [0.2, 0.25) is 0 Å². The summed E-state index contributed by atoms with van der Waals surface area (Å²) in [5, 5.41) is 5.67. The molecule has 1 amide bonds. The van der Waals surface area contributed by atoms with Gasteiger partial charge in [-0.05, 0) is 42.7 Å². The maximum atomic E-state index is 12.8. The summed E-state index contributed by atoms with van der Waals surface area (Å²) in [6, 6.07) is 9.51. The lowest BCUT2D eigenvalue weighted by Crippen LogP contribution is -2.40. The molecule has 162 valence electrons. The van der Waals surface area contributed by atoms with E-state index in [9.17, 15) is 14.4 Å². The van der Waals surface area contributed by atoms with Gasteiger partial charge in [-0.25, -0.2) is 0 Å². The summed E-state index contributed by atoms with van der Waals surface area (Å²) in [7, 11) is 1.80. The maximum Gasteiger partial charge on any atom is 0.256 e. The molecular formula is C24H28N4O3. The van der Waals surface area contributed by atoms with Crippen molar-refractivity contribution in [3.05, 3.63) is 64.3 Å². The van der Waals surface area contributed by atoms with Gasteiger partial charge >= 0.3 is 0 Å². The Morgan fingerprint density at radius 3 is 2.68 bits per heavy atom. The average molecular weight is 421 g/mol. The fourth-order valence-corrected chi connectivity index (χ4v) is 4.43. The molecule has 2 aromatic heterocycles. The largest absolute Gasteiger partial charge is 0.343 e. The molecule has 0 unspecified atom stereocenters. The number of rotatable bonds is 6. The van der Waals surface area contributed by atoms with Crippen molar-refractivity contribution in [2.45, 2.75) is 32.6 Å². The molecule has 1 atom stereocenters. The quantitative estimate of drug-likeness (QED) is 0.621. The number of H-pyrrole nitrogens is 1. The Morgan fingerprint density at radius 1 is 1.23 bits per heavy atom. The summed E-state index contributed by atoms with van der Waals surface area (Å²) < 4.78 is 1.63. The maximum absolute atomic E-state index is 12.8. The van der Waals surface area contributed by atoms with Crippen LogP contribution in [0.3, 0.4) is 0 Å². The van der Waals surface area contributed by atoms with E-state index in [0.717, 1.165) is 11.1 Å². The number of aromatic nitrogens is 3. The Bertz CT molecular complexity index is 1150. The number of carbonyl (C=O) groups excluding carboxylic acids is 2. The van der Waals surface area contributed by atoms with Crippen LogP contribution < -0.4 is 5.56 Å². The number of hydrogen-bond donors (Lipinski definition) is 1. The monoisotopic (exact) mass is 420 g/mol. The number of nitrogens with zero attached hydrogens (tertiary/aromatic N) is 3. The van der Waals surface area contributed by atoms with Gasteiger partial charge in [-0.2, -0.15) is 5.10 Å². The third-order valence-corrected chi connectivity index (χ3v) is 6.11. The van der Waals surface area contributed by atoms with Crippen LogP contribution in [0.25, 0.3) is 10.8 Å². The predicted molar refractivity (Wildman–Crippen MR) is 119 cm³/mol. The lowest BCUT2D eigenvalue weighted by atomic mass is 9.89. The third-order valence-electron chi connectivity index (χ3n) is 6.11. The fourth-order valence-electron chi connectivity index (χ4n) is 4.43. The highest BCUT2D eigenvalue weighted by molar-refractivity contribution is 5.97. The molecule has 0 aliphatic carbocycles. The molecule has 31 heavy (non-hydrogen) atoms. The van der Waals surface area contributed by atoms with Crippen LogP contribution in [0.1, 0.15) is 42.2 Å². The van der Waals surface area contributed by atoms with E-state index in [-0.39, 0.29) is 29.1 Å². The van der Waals surface area contributed by atoms with Crippen molar-refractivity contribution in [3.8, 4) is 0 Å². The molecule has 0 radical (unpaired) electrons. The van der Waals surface area contributed by atoms with Crippen molar-refractivity contribution in [1.82, 2.24) is 19.7 Å². The number of benzene rings is 1. The zero-order valence-electron chi connectivity index (χ0n) is 18.0. The summed E-state index contributed by atoms with van der Waals surface area (Å²) in [5.41, 5.74) is 1.40. The van der Waals surface area contributed by atoms with E-state index in [2.05, 4.69) is 10.1 Å². The van der Waals surface area contributed by atoms with Gasteiger partial charge in [0.2, 0.25) is 5.91 Å². The van der Waals surface area contributed by atoms with E-state index >= 15 is 0 Å². The fraction of sp³-hybridized carbons (Fsp3) is 0.417. The number of piperidine rings is 1. The number of aromatic amines is 1. The number of aryl methyl sites for hydroxylation is 1. The van der Waals surface area contributed by atoms with Gasteiger partial charge in [-0.1, -0.05) is 25.1 Å². The lowest BCUT2D eigenvalue weighted by molar-refractivity contribution is -0.133. The molecule has 0 spiro atoms. The minimum absolute atomic E-state index is 0.0478. The standard InChI is InChI=1S/C24H28N4O3/c1-16(11-20-13-18-5-3-4-6-21(18)24(31)26-20)12-22(29)28-9-7-17(8-10-28)23(30)19-14-25-27(2)15-19/h3-6,13-17H,7-12H2,1-2H3,(H,26,31)/t16-/m0/s1. The normalized spacial score (nSPS) is 15.9. The van der Waals surface area contributed by atoms with Gasteiger partial charge < -0.3 is 9.88 Å². The Kier molecular flexibility index (Phi) is 6.02. The summed E-state index contributed by atoms with van der Waals surface area (Å²) in [5.74, 6) is 0.296. The van der Waals surface area contributed by atoms with Crippen molar-refractivity contribution in [1.29, 1.82) is 0 Å². The first kappa shape index (κ1) is 21.0. The Morgan fingerprint density at radius 2 is 1.97 bits per heavy atom. The number of amides is 1. The van der Waals surface area contributed by atoms with Gasteiger partial charge in [-0.3, -0.25) is 19.1 Å². The summed E-state index contributed by atoms with van der Waals surface area (Å²) in [4.78, 5) is 42.5. The van der Waals surface area contributed by atoms with Gasteiger partial charge in [0.1, 0.15) is 0 Å². The molecule has 3 aromatic rings. The molecule has 7 nitrogen and oxygen atoms in total. The predicted octanol–water partition coefficient (Wildman–Crippen LogP) is 2.95. The van der Waals surface area contributed by atoms with Gasteiger partial charge in [0.15, 0.2) is 5.78 Å². The Hall–Kier alpha value is -3.22. The third kappa shape index (κ3) is 4.76. The smallest absolute Gasteiger partial charge is 0.256 e. The van der Waals surface area contributed by atoms with Gasteiger partial charge in [0.05, 0.1) is 11.8 Å². The second kappa shape index (κ2) is 8.88. The minimum atomic E-state index is -0.0908. The highest BCUT2D eigenvalue weighted by Crippen LogP contribution is 2.23. The average Bonchev–Trinajstić information content (AvgIpc) is 3.19. The van der Waals surface area contributed by atoms with E-state index in [1.165, 1.54) is 0 Å². The number of hydrogen-bond acceptors (Lipinski definition) is 4.